The van der Waals surface area contributed by atoms with Gasteiger partial charge >= 0.3 is 6.09 Å². The minimum atomic E-state index is -0.721. The van der Waals surface area contributed by atoms with Crippen LogP contribution in [0.3, 0.4) is 0 Å². The van der Waals surface area contributed by atoms with Crippen LogP contribution in [-0.4, -0.2) is 71.4 Å². The molecule has 4 aliphatic heterocycles. The molecule has 10 heteroatoms. The van der Waals surface area contributed by atoms with E-state index in [1.54, 1.807) is 11.0 Å². The highest BCUT2D eigenvalue weighted by atomic mass is 19.1. The maximum Gasteiger partial charge on any atom is 0.410 e. The molecule has 5 rings (SSSR count). The van der Waals surface area contributed by atoms with Crippen LogP contribution in [0.25, 0.3) is 0 Å². The number of nitrogens with zero attached hydrogens (tertiary/aromatic N) is 3. The zero-order valence-electron chi connectivity index (χ0n) is 20.4. The van der Waals surface area contributed by atoms with E-state index >= 15 is 4.39 Å². The SMILES string of the molecule is CC(C)(C)OC(=O)N1CCC2(CC1)CN(c1cc3c(cc1F)C(=O)N(C1CCC(=O)NC1=O)C3)C2. The molecule has 0 radical (unpaired) electrons. The average Bonchev–Trinajstić information content (AvgIpc) is 3.06. The first kappa shape index (κ1) is 23.6. The topological polar surface area (TPSA) is 99.3 Å². The van der Waals surface area contributed by atoms with Crippen LogP contribution < -0.4 is 10.2 Å². The number of imide groups is 1. The number of benzene rings is 1. The van der Waals surface area contributed by atoms with E-state index in [-0.39, 0.29) is 48.3 Å². The molecule has 3 fully saturated rings. The van der Waals surface area contributed by atoms with Crippen LogP contribution in [0.4, 0.5) is 14.9 Å². The van der Waals surface area contributed by atoms with Crippen molar-refractivity contribution in [1.29, 1.82) is 0 Å². The van der Waals surface area contributed by atoms with Gasteiger partial charge < -0.3 is 19.4 Å². The van der Waals surface area contributed by atoms with Crippen LogP contribution in [0, 0.1) is 11.2 Å². The second-order valence-corrected chi connectivity index (χ2v) is 11.2. The predicted molar refractivity (Wildman–Crippen MR) is 124 cm³/mol. The number of fused-ring (bicyclic) bond motifs is 1. The minimum Gasteiger partial charge on any atom is -0.444 e. The Hall–Kier alpha value is -3.17. The van der Waals surface area contributed by atoms with Crippen molar-refractivity contribution in [2.75, 3.05) is 31.1 Å². The zero-order chi connectivity index (χ0) is 25.1. The molecule has 0 bridgehead atoms. The maximum atomic E-state index is 15.1. The lowest BCUT2D eigenvalue weighted by Crippen LogP contribution is -2.61. The molecule has 1 aromatic rings. The normalized spacial score (nSPS) is 23.8. The summed E-state index contributed by atoms with van der Waals surface area (Å²) in [5.74, 6) is -1.66. The summed E-state index contributed by atoms with van der Waals surface area (Å²) in [7, 11) is 0. The Morgan fingerprint density at radius 2 is 1.83 bits per heavy atom. The number of nitrogens with one attached hydrogen (secondary N) is 1. The van der Waals surface area contributed by atoms with E-state index in [0.717, 1.165) is 12.8 Å². The number of amides is 4. The van der Waals surface area contributed by atoms with Crippen LogP contribution >= 0.6 is 0 Å². The molecule has 1 N–H and O–H groups in total. The summed E-state index contributed by atoms with van der Waals surface area (Å²) < 4.78 is 20.5. The molecule has 188 valence electrons. The molecule has 0 aliphatic carbocycles. The summed E-state index contributed by atoms with van der Waals surface area (Å²) in [6, 6.07) is 2.27. The number of ether oxygens (including phenoxy) is 1. The Morgan fingerprint density at radius 3 is 2.46 bits per heavy atom. The van der Waals surface area contributed by atoms with Gasteiger partial charge in [0.25, 0.3) is 5.91 Å². The summed E-state index contributed by atoms with van der Waals surface area (Å²) in [6.45, 7) is 8.38. The summed E-state index contributed by atoms with van der Waals surface area (Å²) >= 11 is 0. The highest BCUT2D eigenvalue weighted by molar-refractivity contribution is 6.05. The summed E-state index contributed by atoms with van der Waals surface area (Å²) in [5.41, 5.74) is 0.939. The Morgan fingerprint density at radius 1 is 1.14 bits per heavy atom. The highest BCUT2D eigenvalue weighted by Crippen LogP contribution is 2.44. The lowest BCUT2D eigenvalue weighted by Gasteiger charge is -2.55. The van der Waals surface area contributed by atoms with Crippen LogP contribution in [-0.2, 0) is 20.9 Å². The van der Waals surface area contributed by atoms with Crippen molar-refractivity contribution in [1.82, 2.24) is 15.1 Å². The maximum absolute atomic E-state index is 15.1. The van der Waals surface area contributed by atoms with Crippen LogP contribution in [0.15, 0.2) is 12.1 Å². The van der Waals surface area contributed by atoms with E-state index in [4.69, 9.17) is 4.74 Å². The second-order valence-electron chi connectivity index (χ2n) is 11.2. The number of carbonyl (C=O) groups is 4. The second kappa shape index (κ2) is 8.20. The molecule has 1 atom stereocenters. The van der Waals surface area contributed by atoms with E-state index in [2.05, 4.69) is 5.32 Å². The lowest BCUT2D eigenvalue weighted by molar-refractivity contribution is -0.136. The smallest absolute Gasteiger partial charge is 0.410 e. The molecule has 9 nitrogen and oxygen atoms in total. The number of hydrogen-bond donors (Lipinski definition) is 1. The van der Waals surface area contributed by atoms with E-state index in [0.29, 0.717) is 37.4 Å². The van der Waals surface area contributed by atoms with Gasteiger partial charge in [0.15, 0.2) is 0 Å². The Balaban J connectivity index is 1.22. The van der Waals surface area contributed by atoms with E-state index in [1.807, 2.05) is 25.7 Å². The average molecular weight is 487 g/mol. The highest BCUT2D eigenvalue weighted by Gasteiger charge is 2.47. The summed E-state index contributed by atoms with van der Waals surface area (Å²) in [6.07, 6.45) is 1.82. The van der Waals surface area contributed by atoms with Crippen LogP contribution in [0.2, 0.25) is 0 Å². The number of likely N-dealkylation sites (tertiary alicyclic amines) is 1. The zero-order valence-corrected chi connectivity index (χ0v) is 20.4. The fourth-order valence-corrected chi connectivity index (χ4v) is 5.56. The van der Waals surface area contributed by atoms with Crippen LogP contribution in [0.5, 0.6) is 0 Å². The van der Waals surface area contributed by atoms with Gasteiger partial charge in [-0.15, -0.1) is 0 Å². The monoisotopic (exact) mass is 486 g/mol. The van der Waals surface area contributed by atoms with Crippen LogP contribution in [0.1, 0.15) is 62.4 Å². The van der Waals surface area contributed by atoms with Gasteiger partial charge in [-0.3, -0.25) is 19.7 Å². The standard InChI is InChI=1S/C25H31FN4O5/c1-24(2,3)35-23(34)28-8-6-25(7-9-28)13-29(14-25)19-10-15-12-30(22(33)16(15)11-17(19)26)18-4-5-20(31)27-21(18)32/h10-11,18H,4-9,12-14H2,1-3H3,(H,27,31,32). The molecule has 3 saturated heterocycles. The van der Waals surface area contributed by atoms with Gasteiger partial charge in [-0.25, -0.2) is 9.18 Å². The molecule has 1 unspecified atom stereocenters. The fourth-order valence-electron chi connectivity index (χ4n) is 5.56. The quantitative estimate of drug-likeness (QED) is 0.645. The third kappa shape index (κ3) is 4.34. The van der Waals surface area contributed by atoms with E-state index in [9.17, 15) is 19.2 Å². The molecule has 35 heavy (non-hydrogen) atoms. The van der Waals surface area contributed by atoms with E-state index < -0.39 is 23.4 Å². The van der Waals surface area contributed by atoms with Crippen molar-refractivity contribution < 1.29 is 28.3 Å². The fraction of sp³-hybridized carbons (Fsp3) is 0.600. The summed E-state index contributed by atoms with van der Waals surface area (Å²) in [5, 5.41) is 2.28. The number of halogens is 1. The predicted octanol–water partition coefficient (Wildman–Crippen LogP) is 2.42. The number of piperidine rings is 2. The van der Waals surface area contributed by atoms with Gasteiger partial charge in [-0.2, -0.15) is 0 Å². The molecular weight excluding hydrogens is 455 g/mol. The Bertz CT molecular complexity index is 1100. The van der Waals surface area contributed by atoms with Crippen molar-refractivity contribution in [3.05, 3.63) is 29.1 Å². The number of rotatable bonds is 2. The number of carbonyl (C=O) groups excluding carboxylic acids is 4. The van der Waals surface area contributed by atoms with Gasteiger partial charge in [0.05, 0.1) is 5.69 Å². The van der Waals surface area contributed by atoms with Gasteiger partial charge in [0.1, 0.15) is 17.5 Å². The van der Waals surface area contributed by atoms with Crippen molar-refractivity contribution in [3.63, 3.8) is 0 Å². The molecule has 4 heterocycles. The molecule has 4 amide bonds. The first-order valence-electron chi connectivity index (χ1n) is 12.1. The molecular formula is C25H31FN4O5. The number of anilines is 1. The molecule has 1 spiro atoms. The first-order chi connectivity index (χ1) is 16.4. The molecule has 0 saturated carbocycles. The van der Waals surface area contributed by atoms with Gasteiger partial charge in [-0.1, -0.05) is 0 Å². The van der Waals surface area contributed by atoms with Gasteiger partial charge in [-0.05, 0) is 57.7 Å². The lowest BCUT2D eigenvalue weighted by atomic mass is 9.71. The third-order valence-electron chi connectivity index (χ3n) is 7.46. The van der Waals surface area contributed by atoms with Crippen molar-refractivity contribution in [2.24, 2.45) is 5.41 Å². The van der Waals surface area contributed by atoms with Gasteiger partial charge in [0.2, 0.25) is 11.8 Å². The largest absolute Gasteiger partial charge is 0.444 e. The van der Waals surface area contributed by atoms with Crippen molar-refractivity contribution >= 4 is 29.5 Å². The summed E-state index contributed by atoms with van der Waals surface area (Å²) in [4.78, 5) is 54.1. The molecule has 4 aliphatic rings. The Kier molecular flexibility index (Phi) is 5.52. The Labute approximate surface area is 203 Å². The van der Waals surface area contributed by atoms with Gasteiger partial charge in [0, 0.05) is 50.1 Å². The number of hydrogen-bond acceptors (Lipinski definition) is 6. The molecule has 0 aromatic heterocycles. The van der Waals surface area contributed by atoms with Crippen molar-refractivity contribution in [3.8, 4) is 0 Å². The minimum absolute atomic E-state index is 0.0402. The van der Waals surface area contributed by atoms with E-state index in [1.165, 1.54) is 11.0 Å². The first-order valence-corrected chi connectivity index (χ1v) is 12.1. The third-order valence-corrected chi connectivity index (χ3v) is 7.46. The van der Waals surface area contributed by atoms with Crippen molar-refractivity contribution in [2.45, 2.75) is 64.6 Å². The molecule has 1 aromatic carbocycles.